The monoisotopic (exact) mass is 226 g/mol. The van der Waals surface area contributed by atoms with Gasteiger partial charge in [0.25, 0.3) is 0 Å². The molecule has 0 saturated heterocycles. The standard InChI is InChI=1S/C15H14S/c16-12-11-15(13-7-3-1-4-8-13)14-9-5-2-6-10-14/h1-10,12,15H,11H2. The number of rotatable bonds is 4. The van der Waals surface area contributed by atoms with Crippen LogP contribution in [0.15, 0.2) is 60.7 Å². The topological polar surface area (TPSA) is 0 Å². The summed E-state index contributed by atoms with van der Waals surface area (Å²) < 4.78 is 0. The van der Waals surface area contributed by atoms with E-state index in [1.54, 1.807) is 0 Å². The summed E-state index contributed by atoms with van der Waals surface area (Å²) in [5.74, 6) is 0.389. The third-order valence-corrected chi connectivity index (χ3v) is 2.93. The first-order chi connectivity index (χ1) is 7.92. The molecule has 0 aliphatic carbocycles. The van der Waals surface area contributed by atoms with Crippen molar-refractivity contribution in [2.45, 2.75) is 12.3 Å². The van der Waals surface area contributed by atoms with E-state index in [-0.39, 0.29) is 0 Å². The molecule has 16 heavy (non-hydrogen) atoms. The minimum Gasteiger partial charge on any atom is -0.0934 e. The summed E-state index contributed by atoms with van der Waals surface area (Å²) in [7, 11) is 0. The van der Waals surface area contributed by atoms with Crippen molar-refractivity contribution in [2.75, 3.05) is 0 Å². The van der Waals surface area contributed by atoms with Crippen LogP contribution in [-0.4, -0.2) is 5.37 Å². The maximum atomic E-state index is 5.00. The Labute approximate surface area is 102 Å². The molecule has 0 amide bonds. The number of hydrogen-bond acceptors (Lipinski definition) is 1. The summed E-state index contributed by atoms with van der Waals surface area (Å²) in [4.78, 5) is 0. The van der Waals surface area contributed by atoms with Crippen LogP contribution in [0.2, 0.25) is 0 Å². The molecule has 2 aromatic carbocycles. The molecule has 0 spiro atoms. The van der Waals surface area contributed by atoms with Crippen LogP contribution in [0.5, 0.6) is 0 Å². The minimum atomic E-state index is 0.389. The van der Waals surface area contributed by atoms with Gasteiger partial charge in [-0.1, -0.05) is 72.9 Å². The van der Waals surface area contributed by atoms with Crippen LogP contribution in [0, 0.1) is 0 Å². The van der Waals surface area contributed by atoms with Crippen molar-refractivity contribution >= 4 is 17.6 Å². The van der Waals surface area contributed by atoms with Gasteiger partial charge in [-0.15, -0.1) is 0 Å². The molecule has 0 heterocycles. The lowest BCUT2D eigenvalue weighted by Gasteiger charge is -2.15. The van der Waals surface area contributed by atoms with Crippen LogP contribution in [-0.2, 0) is 0 Å². The third-order valence-electron chi connectivity index (χ3n) is 2.74. The number of benzene rings is 2. The lowest BCUT2D eigenvalue weighted by Crippen LogP contribution is -2.00. The zero-order valence-electron chi connectivity index (χ0n) is 9.04. The molecule has 0 bridgehead atoms. The Hall–Kier alpha value is -1.47. The summed E-state index contributed by atoms with van der Waals surface area (Å²) in [5.41, 5.74) is 2.66. The van der Waals surface area contributed by atoms with Crippen LogP contribution in [0.25, 0.3) is 0 Å². The van der Waals surface area contributed by atoms with Crippen molar-refractivity contribution in [1.29, 1.82) is 0 Å². The van der Waals surface area contributed by atoms with E-state index in [0.717, 1.165) is 6.42 Å². The van der Waals surface area contributed by atoms with Crippen molar-refractivity contribution in [1.82, 2.24) is 0 Å². The average molecular weight is 226 g/mol. The van der Waals surface area contributed by atoms with E-state index >= 15 is 0 Å². The van der Waals surface area contributed by atoms with Gasteiger partial charge in [0, 0.05) is 5.92 Å². The second-order valence-corrected chi connectivity index (χ2v) is 4.11. The van der Waals surface area contributed by atoms with Gasteiger partial charge in [-0.3, -0.25) is 0 Å². The molecule has 2 rings (SSSR count). The molecule has 0 atom stereocenters. The fraction of sp³-hybridized carbons (Fsp3) is 0.133. The summed E-state index contributed by atoms with van der Waals surface area (Å²) in [6.45, 7) is 0. The quantitative estimate of drug-likeness (QED) is 0.704. The normalized spacial score (nSPS) is 10.3. The molecule has 0 unspecified atom stereocenters. The van der Waals surface area contributed by atoms with Crippen molar-refractivity contribution in [3.8, 4) is 0 Å². The van der Waals surface area contributed by atoms with Crippen molar-refractivity contribution in [2.24, 2.45) is 0 Å². The predicted octanol–water partition coefficient (Wildman–Crippen LogP) is 4.21. The highest BCUT2D eigenvalue weighted by Gasteiger charge is 2.11. The highest BCUT2D eigenvalue weighted by molar-refractivity contribution is 7.78. The molecular formula is C15H14S. The molecule has 0 radical (unpaired) electrons. The molecule has 0 aliphatic rings. The Balaban J connectivity index is 2.35. The Kier molecular flexibility index (Phi) is 3.84. The number of hydrogen-bond donors (Lipinski definition) is 0. The van der Waals surface area contributed by atoms with E-state index in [4.69, 9.17) is 12.2 Å². The second kappa shape index (κ2) is 5.57. The van der Waals surface area contributed by atoms with E-state index in [1.165, 1.54) is 11.1 Å². The van der Waals surface area contributed by atoms with Crippen molar-refractivity contribution < 1.29 is 0 Å². The zero-order valence-corrected chi connectivity index (χ0v) is 9.86. The second-order valence-electron chi connectivity index (χ2n) is 3.78. The van der Waals surface area contributed by atoms with Crippen LogP contribution in [0.3, 0.4) is 0 Å². The van der Waals surface area contributed by atoms with Crippen LogP contribution >= 0.6 is 12.2 Å². The number of thiocarbonyl (C=S) groups is 1. The van der Waals surface area contributed by atoms with Crippen molar-refractivity contribution in [3.63, 3.8) is 0 Å². The fourth-order valence-corrected chi connectivity index (χ4v) is 2.12. The largest absolute Gasteiger partial charge is 0.0934 e. The van der Waals surface area contributed by atoms with Gasteiger partial charge < -0.3 is 0 Å². The van der Waals surface area contributed by atoms with E-state index in [0.29, 0.717) is 5.92 Å². The van der Waals surface area contributed by atoms with Gasteiger partial charge >= 0.3 is 0 Å². The maximum absolute atomic E-state index is 5.00. The molecule has 0 aromatic heterocycles. The van der Waals surface area contributed by atoms with Gasteiger partial charge in [0.2, 0.25) is 0 Å². The highest BCUT2D eigenvalue weighted by Crippen LogP contribution is 2.26. The van der Waals surface area contributed by atoms with E-state index in [2.05, 4.69) is 48.5 Å². The fourth-order valence-electron chi connectivity index (χ4n) is 1.93. The van der Waals surface area contributed by atoms with E-state index in [9.17, 15) is 0 Å². The molecule has 2 aromatic rings. The lowest BCUT2D eigenvalue weighted by atomic mass is 9.89. The van der Waals surface area contributed by atoms with Gasteiger partial charge in [-0.2, -0.15) is 0 Å². The van der Waals surface area contributed by atoms with Gasteiger partial charge in [-0.25, -0.2) is 0 Å². The SMILES string of the molecule is S=CCC(c1ccccc1)c1ccccc1. The molecule has 0 fully saturated rings. The zero-order chi connectivity index (χ0) is 11.2. The molecule has 0 nitrogen and oxygen atoms in total. The van der Waals surface area contributed by atoms with Gasteiger partial charge in [0.1, 0.15) is 0 Å². The molecular weight excluding hydrogens is 212 g/mol. The Bertz CT molecular complexity index is 394. The summed E-state index contributed by atoms with van der Waals surface area (Å²) >= 11 is 5.00. The molecule has 0 N–H and O–H groups in total. The van der Waals surface area contributed by atoms with Gasteiger partial charge in [-0.05, 0) is 22.9 Å². The predicted molar refractivity (Wildman–Crippen MR) is 73.0 cm³/mol. The highest BCUT2D eigenvalue weighted by atomic mass is 32.1. The van der Waals surface area contributed by atoms with Gasteiger partial charge in [0.05, 0.1) is 0 Å². The molecule has 80 valence electrons. The Morgan fingerprint density at radius 2 is 1.25 bits per heavy atom. The van der Waals surface area contributed by atoms with Crippen LogP contribution < -0.4 is 0 Å². The average Bonchev–Trinajstić information content (AvgIpc) is 2.38. The summed E-state index contributed by atoms with van der Waals surface area (Å²) in [6, 6.07) is 21.1. The summed E-state index contributed by atoms with van der Waals surface area (Å²) in [5, 5.41) is 1.82. The van der Waals surface area contributed by atoms with E-state index < -0.39 is 0 Å². The first-order valence-electron chi connectivity index (χ1n) is 5.45. The first kappa shape index (κ1) is 11.0. The third kappa shape index (κ3) is 2.56. The van der Waals surface area contributed by atoms with E-state index in [1.807, 2.05) is 17.5 Å². The van der Waals surface area contributed by atoms with Gasteiger partial charge in [0.15, 0.2) is 0 Å². The summed E-state index contributed by atoms with van der Waals surface area (Å²) in [6.07, 6.45) is 0.906. The lowest BCUT2D eigenvalue weighted by molar-refractivity contribution is 0.870. The Morgan fingerprint density at radius 1 is 0.812 bits per heavy atom. The Morgan fingerprint density at radius 3 is 1.62 bits per heavy atom. The molecule has 0 saturated carbocycles. The maximum Gasteiger partial charge on any atom is 0.0132 e. The van der Waals surface area contributed by atoms with Crippen LogP contribution in [0.1, 0.15) is 23.5 Å². The smallest absolute Gasteiger partial charge is 0.0132 e. The first-order valence-corrected chi connectivity index (χ1v) is 5.92. The molecule has 1 heteroatoms. The molecule has 0 aliphatic heterocycles. The minimum absolute atomic E-state index is 0.389. The van der Waals surface area contributed by atoms with Crippen LogP contribution in [0.4, 0.5) is 0 Å². The van der Waals surface area contributed by atoms with Crippen molar-refractivity contribution in [3.05, 3.63) is 71.8 Å².